The summed E-state index contributed by atoms with van der Waals surface area (Å²) >= 11 is 0. The number of nitrogens with one attached hydrogen (secondary N) is 1. The Hall–Kier alpha value is -1.65. The van der Waals surface area contributed by atoms with Crippen molar-refractivity contribution >= 4 is 11.9 Å². The summed E-state index contributed by atoms with van der Waals surface area (Å²) in [5.74, 6) is 0.450. The third-order valence-electron chi connectivity index (χ3n) is 2.75. The van der Waals surface area contributed by atoms with Crippen LogP contribution in [0.5, 0.6) is 0 Å². The van der Waals surface area contributed by atoms with E-state index in [0.29, 0.717) is 11.6 Å². The molecule has 1 aromatic rings. The number of aryl methyl sites for hydroxylation is 1. The van der Waals surface area contributed by atoms with Crippen LogP contribution in [-0.2, 0) is 0 Å². The van der Waals surface area contributed by atoms with Gasteiger partial charge >= 0.3 is 0 Å². The van der Waals surface area contributed by atoms with Gasteiger partial charge in [-0.05, 0) is 40.2 Å². The van der Waals surface area contributed by atoms with E-state index in [0.717, 1.165) is 25.1 Å². The van der Waals surface area contributed by atoms with Gasteiger partial charge in [0.2, 0.25) is 5.95 Å². The average Bonchev–Trinajstić information content (AvgIpc) is 2.32. The summed E-state index contributed by atoms with van der Waals surface area (Å²) in [7, 11) is 1.81. The van der Waals surface area contributed by atoms with Crippen molar-refractivity contribution in [2.75, 3.05) is 18.9 Å². The number of anilines is 1. The average molecular weight is 278 g/mol. The van der Waals surface area contributed by atoms with Crippen LogP contribution in [0.2, 0.25) is 0 Å². The van der Waals surface area contributed by atoms with E-state index >= 15 is 0 Å². The zero-order chi connectivity index (χ0) is 15.3. The van der Waals surface area contributed by atoms with Gasteiger partial charge in [-0.15, -0.1) is 0 Å². The maximum Gasteiger partial charge on any atom is 0.272 e. The molecule has 0 aliphatic rings. The van der Waals surface area contributed by atoms with Gasteiger partial charge in [-0.25, -0.2) is 9.97 Å². The van der Waals surface area contributed by atoms with Gasteiger partial charge in [-0.3, -0.25) is 4.79 Å². The second kappa shape index (κ2) is 6.68. The molecule has 0 saturated carbocycles. The summed E-state index contributed by atoms with van der Waals surface area (Å²) in [6, 6.07) is 1.73. The Morgan fingerprint density at radius 3 is 2.55 bits per heavy atom. The maximum absolute atomic E-state index is 12.3. The Morgan fingerprint density at radius 2 is 2.00 bits per heavy atom. The van der Waals surface area contributed by atoms with Gasteiger partial charge < -0.3 is 10.2 Å². The second-order valence-corrected chi connectivity index (χ2v) is 6.17. The third kappa shape index (κ3) is 5.15. The Bertz CT molecular complexity index is 465. The minimum Gasteiger partial charge on any atom is -0.350 e. The monoisotopic (exact) mass is 278 g/mol. The molecule has 0 spiro atoms. The van der Waals surface area contributed by atoms with Crippen LogP contribution in [0.1, 0.15) is 56.7 Å². The molecular weight excluding hydrogens is 252 g/mol. The van der Waals surface area contributed by atoms with Crippen LogP contribution < -0.4 is 5.32 Å². The van der Waals surface area contributed by atoms with E-state index in [4.69, 9.17) is 0 Å². The lowest BCUT2D eigenvalue weighted by Gasteiger charge is -2.21. The van der Waals surface area contributed by atoms with Crippen LogP contribution in [0.15, 0.2) is 6.07 Å². The molecule has 5 heteroatoms. The summed E-state index contributed by atoms with van der Waals surface area (Å²) in [5, 5.41) is 3.21. The molecule has 20 heavy (non-hydrogen) atoms. The molecule has 112 valence electrons. The first-order chi connectivity index (χ1) is 9.23. The van der Waals surface area contributed by atoms with Crippen molar-refractivity contribution in [3.05, 3.63) is 17.5 Å². The fourth-order valence-corrected chi connectivity index (χ4v) is 1.76. The quantitative estimate of drug-likeness (QED) is 0.899. The highest BCUT2D eigenvalue weighted by molar-refractivity contribution is 5.92. The Labute approximate surface area is 121 Å². The van der Waals surface area contributed by atoms with Gasteiger partial charge in [-0.2, -0.15) is 0 Å². The fraction of sp³-hybridized carbons (Fsp3) is 0.667. The van der Waals surface area contributed by atoms with Gasteiger partial charge in [-0.1, -0.05) is 13.3 Å². The minimum absolute atomic E-state index is 0.0547. The first kappa shape index (κ1) is 16.4. The number of unbranched alkanes of at least 4 members (excludes halogenated alkanes) is 1. The summed E-state index contributed by atoms with van der Waals surface area (Å²) < 4.78 is 0. The van der Waals surface area contributed by atoms with Gasteiger partial charge in [0.25, 0.3) is 5.91 Å². The molecule has 1 N–H and O–H groups in total. The van der Waals surface area contributed by atoms with Crippen molar-refractivity contribution in [1.82, 2.24) is 14.9 Å². The number of hydrogen-bond donors (Lipinski definition) is 1. The van der Waals surface area contributed by atoms with Crippen LogP contribution in [-0.4, -0.2) is 39.9 Å². The molecule has 1 aromatic heterocycles. The second-order valence-electron chi connectivity index (χ2n) is 6.17. The first-order valence-corrected chi connectivity index (χ1v) is 7.12. The molecule has 0 unspecified atom stereocenters. The summed E-state index contributed by atoms with van der Waals surface area (Å²) in [6.07, 6.45) is 2.07. The minimum atomic E-state index is -0.137. The van der Waals surface area contributed by atoms with Gasteiger partial charge in [0, 0.05) is 24.8 Å². The van der Waals surface area contributed by atoms with Crippen LogP contribution in [0.3, 0.4) is 0 Å². The molecule has 1 rings (SSSR count). The highest BCUT2D eigenvalue weighted by Gasteiger charge is 2.17. The molecule has 0 aliphatic carbocycles. The van der Waals surface area contributed by atoms with E-state index in [1.807, 2.05) is 34.7 Å². The third-order valence-corrected chi connectivity index (χ3v) is 2.75. The Kier molecular flexibility index (Phi) is 5.48. The van der Waals surface area contributed by atoms with E-state index in [9.17, 15) is 4.79 Å². The van der Waals surface area contributed by atoms with E-state index in [1.165, 1.54) is 0 Å². The number of amides is 1. The molecule has 0 bridgehead atoms. The van der Waals surface area contributed by atoms with Crippen LogP contribution in [0.25, 0.3) is 0 Å². The number of hydrogen-bond acceptors (Lipinski definition) is 4. The summed E-state index contributed by atoms with van der Waals surface area (Å²) in [6.45, 7) is 10.8. The molecular formula is C15H26N4O. The van der Waals surface area contributed by atoms with E-state index in [1.54, 1.807) is 11.0 Å². The van der Waals surface area contributed by atoms with Gasteiger partial charge in [0.1, 0.15) is 5.69 Å². The molecule has 1 amide bonds. The lowest BCUT2D eigenvalue weighted by molar-refractivity contribution is 0.0787. The van der Waals surface area contributed by atoms with Crippen LogP contribution in [0, 0.1) is 6.92 Å². The van der Waals surface area contributed by atoms with Crippen molar-refractivity contribution in [2.45, 2.75) is 53.0 Å². The Balaban J connectivity index is 2.92. The molecule has 5 nitrogen and oxygen atoms in total. The molecule has 0 atom stereocenters. The molecule has 0 radical (unpaired) electrons. The molecule has 0 fully saturated rings. The molecule has 0 aliphatic heterocycles. The fourth-order valence-electron chi connectivity index (χ4n) is 1.76. The summed E-state index contributed by atoms with van der Waals surface area (Å²) in [4.78, 5) is 22.7. The lowest BCUT2D eigenvalue weighted by Crippen LogP contribution is -2.31. The molecule has 0 saturated heterocycles. The largest absolute Gasteiger partial charge is 0.350 e. The number of aromatic nitrogens is 2. The number of carbonyl (C=O) groups is 1. The zero-order valence-electron chi connectivity index (χ0n) is 13.4. The number of nitrogens with zero attached hydrogens (tertiary/aromatic N) is 3. The van der Waals surface area contributed by atoms with Crippen molar-refractivity contribution in [2.24, 2.45) is 0 Å². The Morgan fingerprint density at radius 1 is 1.35 bits per heavy atom. The SMILES string of the molecule is CCCCN(C)C(=O)c1cc(C)nc(NC(C)(C)C)n1. The zero-order valence-corrected chi connectivity index (χ0v) is 13.4. The van der Waals surface area contributed by atoms with Gasteiger partial charge in [0.15, 0.2) is 0 Å². The first-order valence-electron chi connectivity index (χ1n) is 7.12. The van der Waals surface area contributed by atoms with E-state index in [-0.39, 0.29) is 11.4 Å². The molecule has 0 aromatic carbocycles. The van der Waals surface area contributed by atoms with Crippen molar-refractivity contribution in [3.63, 3.8) is 0 Å². The normalized spacial score (nSPS) is 11.3. The number of rotatable bonds is 5. The van der Waals surface area contributed by atoms with Gasteiger partial charge in [0.05, 0.1) is 0 Å². The lowest BCUT2D eigenvalue weighted by atomic mass is 10.1. The highest BCUT2D eigenvalue weighted by atomic mass is 16.2. The summed E-state index contributed by atoms with van der Waals surface area (Å²) in [5.41, 5.74) is 1.10. The van der Waals surface area contributed by atoms with Crippen LogP contribution >= 0.6 is 0 Å². The highest BCUT2D eigenvalue weighted by Crippen LogP contribution is 2.12. The van der Waals surface area contributed by atoms with Crippen molar-refractivity contribution < 1.29 is 4.79 Å². The van der Waals surface area contributed by atoms with Crippen molar-refractivity contribution in [1.29, 1.82) is 0 Å². The van der Waals surface area contributed by atoms with Crippen LogP contribution in [0.4, 0.5) is 5.95 Å². The number of carbonyl (C=O) groups excluding carboxylic acids is 1. The maximum atomic E-state index is 12.3. The predicted molar refractivity (Wildman–Crippen MR) is 82.0 cm³/mol. The predicted octanol–water partition coefficient (Wildman–Crippen LogP) is 2.87. The van der Waals surface area contributed by atoms with E-state index < -0.39 is 0 Å². The topological polar surface area (TPSA) is 58.1 Å². The van der Waals surface area contributed by atoms with Crippen molar-refractivity contribution in [3.8, 4) is 0 Å². The standard InChI is InChI=1S/C15H26N4O/c1-7-8-9-19(6)13(20)12-10-11(2)16-14(17-12)18-15(3,4)5/h10H,7-9H2,1-6H3,(H,16,17,18). The van der Waals surface area contributed by atoms with E-state index in [2.05, 4.69) is 22.2 Å². The molecule has 1 heterocycles. The smallest absolute Gasteiger partial charge is 0.272 e.